The molecule has 2 aromatic carbocycles. The number of para-hydroxylation sites is 1. The number of hydrogen-bond acceptors (Lipinski definition) is 2. The first-order valence-electron chi connectivity index (χ1n) is 5.32. The third kappa shape index (κ3) is 3.37. The van der Waals surface area contributed by atoms with Crippen LogP contribution in [0.3, 0.4) is 0 Å². The summed E-state index contributed by atoms with van der Waals surface area (Å²) in [6, 6.07) is 18.5. The molecule has 0 saturated heterocycles. The smallest absolute Gasteiger partial charge is 0.143 e. The number of hydrogen-bond donors (Lipinski definition) is 1. The van der Waals surface area contributed by atoms with Gasteiger partial charge in [0.2, 0.25) is 0 Å². The van der Waals surface area contributed by atoms with E-state index < -0.39 is 6.10 Å². The molecule has 2 heteroatoms. The minimum Gasteiger partial charge on any atom is -0.407 e. The van der Waals surface area contributed by atoms with Crippen LogP contribution in [0.4, 0.5) is 0 Å². The summed E-state index contributed by atoms with van der Waals surface area (Å²) in [4.78, 5) is 0. The Balaban J connectivity index is 1.98. The maximum Gasteiger partial charge on any atom is 0.143 e. The van der Waals surface area contributed by atoms with Crippen LogP contribution in [0.5, 0.6) is 5.75 Å². The van der Waals surface area contributed by atoms with Crippen molar-refractivity contribution in [2.45, 2.75) is 6.10 Å². The molecule has 2 aromatic rings. The molecule has 0 heterocycles. The molecule has 84 valence electrons. The van der Waals surface area contributed by atoms with Gasteiger partial charge in [-0.3, -0.25) is 0 Å². The fourth-order valence-corrected chi connectivity index (χ4v) is 1.35. The van der Waals surface area contributed by atoms with Gasteiger partial charge in [0.1, 0.15) is 18.0 Å². The molecule has 0 radical (unpaired) electrons. The fraction of sp³-hybridized carbons (Fsp3) is 0.0667. The zero-order valence-electron chi connectivity index (χ0n) is 9.21. The normalized spacial score (nSPS) is 11.1. The Kier molecular flexibility index (Phi) is 3.80. The van der Waals surface area contributed by atoms with Crippen LogP contribution in [0.2, 0.25) is 0 Å². The van der Waals surface area contributed by atoms with E-state index >= 15 is 0 Å². The van der Waals surface area contributed by atoms with E-state index in [1.165, 1.54) is 0 Å². The molecule has 1 atom stereocenters. The standard InChI is InChI=1S/C15H12O2/c16-15(13-7-3-1-4-8-13)11-12-17-14-9-5-2-6-10-14/h1-10,15-16H. The average molecular weight is 224 g/mol. The summed E-state index contributed by atoms with van der Waals surface area (Å²) in [5.74, 6) is 3.30. The van der Waals surface area contributed by atoms with Gasteiger partial charge in [0.25, 0.3) is 0 Å². The number of ether oxygens (including phenoxy) is 1. The van der Waals surface area contributed by atoms with Gasteiger partial charge < -0.3 is 9.84 Å². The van der Waals surface area contributed by atoms with Gasteiger partial charge in [0.15, 0.2) is 0 Å². The average Bonchev–Trinajstić information content (AvgIpc) is 2.41. The summed E-state index contributed by atoms with van der Waals surface area (Å²) in [5, 5.41) is 9.74. The molecule has 0 amide bonds. The molecule has 0 aliphatic carbocycles. The second-order valence-corrected chi connectivity index (χ2v) is 3.47. The van der Waals surface area contributed by atoms with Crippen LogP contribution in [0, 0.1) is 12.0 Å². The molecule has 0 spiro atoms. The Morgan fingerprint density at radius 2 is 1.47 bits per heavy atom. The van der Waals surface area contributed by atoms with Crippen molar-refractivity contribution in [3.05, 3.63) is 66.2 Å². The molecule has 17 heavy (non-hydrogen) atoms. The first-order chi connectivity index (χ1) is 8.36. The monoisotopic (exact) mass is 224 g/mol. The van der Waals surface area contributed by atoms with Crippen LogP contribution in [0.25, 0.3) is 0 Å². The van der Waals surface area contributed by atoms with Crippen LogP contribution >= 0.6 is 0 Å². The largest absolute Gasteiger partial charge is 0.407 e. The molecule has 0 fully saturated rings. The van der Waals surface area contributed by atoms with Crippen molar-refractivity contribution in [2.75, 3.05) is 0 Å². The summed E-state index contributed by atoms with van der Waals surface area (Å²) >= 11 is 0. The van der Waals surface area contributed by atoms with E-state index in [9.17, 15) is 5.11 Å². The minimum absolute atomic E-state index is 0.667. The van der Waals surface area contributed by atoms with Crippen molar-refractivity contribution >= 4 is 0 Å². The summed E-state index contributed by atoms with van der Waals surface area (Å²) in [7, 11) is 0. The molecular weight excluding hydrogens is 212 g/mol. The highest BCUT2D eigenvalue weighted by molar-refractivity contribution is 5.26. The van der Waals surface area contributed by atoms with E-state index in [1.54, 1.807) is 0 Å². The summed E-state index contributed by atoms with van der Waals surface area (Å²) in [6.07, 6.45) is 1.68. The highest BCUT2D eigenvalue weighted by atomic mass is 16.5. The number of rotatable bonds is 2. The lowest BCUT2D eigenvalue weighted by atomic mass is 10.1. The summed E-state index contributed by atoms with van der Waals surface area (Å²) in [6.45, 7) is 0. The SMILES string of the molecule is OC(C#COc1ccccc1)c1ccccc1. The van der Waals surface area contributed by atoms with Crippen LogP contribution in [-0.4, -0.2) is 5.11 Å². The van der Waals surface area contributed by atoms with Crippen molar-refractivity contribution in [2.24, 2.45) is 0 Å². The zero-order chi connectivity index (χ0) is 11.9. The number of aliphatic hydroxyl groups excluding tert-OH is 1. The Hall–Kier alpha value is -2.24. The van der Waals surface area contributed by atoms with Crippen LogP contribution in [0.15, 0.2) is 60.7 Å². The van der Waals surface area contributed by atoms with E-state index in [4.69, 9.17) is 4.74 Å². The lowest BCUT2D eigenvalue weighted by Gasteiger charge is -2.01. The maximum atomic E-state index is 9.74. The third-order valence-corrected chi connectivity index (χ3v) is 2.22. The highest BCUT2D eigenvalue weighted by Gasteiger charge is 2.01. The molecule has 1 N–H and O–H groups in total. The first-order valence-corrected chi connectivity index (χ1v) is 5.32. The Morgan fingerprint density at radius 1 is 0.882 bits per heavy atom. The number of aliphatic hydroxyl groups is 1. The lowest BCUT2D eigenvalue weighted by molar-refractivity contribution is 0.237. The zero-order valence-corrected chi connectivity index (χ0v) is 9.21. The van der Waals surface area contributed by atoms with Gasteiger partial charge in [-0.25, -0.2) is 0 Å². The Labute approximate surface area is 100 Å². The van der Waals surface area contributed by atoms with Crippen molar-refractivity contribution in [3.8, 4) is 17.8 Å². The quantitative estimate of drug-likeness (QED) is 0.795. The van der Waals surface area contributed by atoms with Gasteiger partial charge in [-0.05, 0) is 23.6 Å². The fourth-order valence-electron chi connectivity index (χ4n) is 1.35. The first kappa shape index (κ1) is 11.3. The second-order valence-electron chi connectivity index (χ2n) is 3.47. The van der Waals surface area contributed by atoms with Crippen LogP contribution in [0.1, 0.15) is 11.7 Å². The molecule has 0 saturated carbocycles. The van der Waals surface area contributed by atoms with Crippen LogP contribution in [-0.2, 0) is 0 Å². The minimum atomic E-state index is -0.820. The Morgan fingerprint density at radius 3 is 2.12 bits per heavy atom. The van der Waals surface area contributed by atoms with Crippen molar-refractivity contribution in [1.29, 1.82) is 0 Å². The lowest BCUT2D eigenvalue weighted by Crippen LogP contribution is -1.93. The van der Waals surface area contributed by atoms with Gasteiger partial charge in [0.05, 0.1) is 0 Å². The van der Waals surface area contributed by atoms with E-state index in [0.717, 1.165) is 5.56 Å². The molecule has 0 aliphatic rings. The summed E-state index contributed by atoms with van der Waals surface area (Å²) < 4.78 is 5.18. The van der Waals surface area contributed by atoms with Gasteiger partial charge >= 0.3 is 0 Å². The van der Waals surface area contributed by atoms with Gasteiger partial charge in [-0.2, -0.15) is 0 Å². The van der Waals surface area contributed by atoms with Gasteiger partial charge in [-0.1, -0.05) is 48.5 Å². The molecule has 1 unspecified atom stereocenters. The third-order valence-electron chi connectivity index (χ3n) is 2.22. The van der Waals surface area contributed by atoms with E-state index in [2.05, 4.69) is 12.0 Å². The van der Waals surface area contributed by atoms with E-state index in [-0.39, 0.29) is 0 Å². The molecule has 2 nitrogen and oxygen atoms in total. The maximum absolute atomic E-state index is 9.74. The number of benzene rings is 2. The molecular formula is C15H12O2. The van der Waals surface area contributed by atoms with Gasteiger partial charge in [-0.15, -0.1) is 0 Å². The predicted molar refractivity (Wildman–Crippen MR) is 66.2 cm³/mol. The van der Waals surface area contributed by atoms with E-state index in [0.29, 0.717) is 5.75 Å². The predicted octanol–water partition coefficient (Wildman–Crippen LogP) is 2.76. The second kappa shape index (κ2) is 5.74. The summed E-state index contributed by atoms with van der Waals surface area (Å²) in [5.41, 5.74) is 0.761. The molecule has 0 bridgehead atoms. The van der Waals surface area contributed by atoms with Crippen molar-refractivity contribution in [1.82, 2.24) is 0 Å². The Bertz CT molecular complexity index is 509. The topological polar surface area (TPSA) is 29.5 Å². The molecule has 0 aliphatic heterocycles. The van der Waals surface area contributed by atoms with E-state index in [1.807, 2.05) is 60.7 Å². The van der Waals surface area contributed by atoms with Crippen LogP contribution < -0.4 is 4.74 Å². The van der Waals surface area contributed by atoms with Crippen molar-refractivity contribution in [3.63, 3.8) is 0 Å². The van der Waals surface area contributed by atoms with Gasteiger partial charge in [0, 0.05) is 0 Å². The molecule has 2 rings (SSSR count). The highest BCUT2D eigenvalue weighted by Crippen LogP contribution is 2.11. The van der Waals surface area contributed by atoms with Crippen molar-refractivity contribution < 1.29 is 9.84 Å². The molecule has 0 aromatic heterocycles.